The predicted molar refractivity (Wildman–Crippen MR) is 152 cm³/mol. The molecule has 222 valence electrons. The van der Waals surface area contributed by atoms with Gasteiger partial charge in [0.25, 0.3) is 0 Å². The zero-order chi connectivity index (χ0) is 27.7. The topological polar surface area (TPSA) is 82.1 Å². The fourth-order valence-corrected chi connectivity index (χ4v) is 4.86. The number of hydrogen-bond donors (Lipinski definition) is 0. The number of rotatable bonds is 25. The van der Waals surface area contributed by atoms with Crippen LogP contribution in [0.4, 0.5) is 0 Å². The Morgan fingerprint density at radius 1 is 0.605 bits per heavy atom. The van der Waals surface area contributed by atoms with Crippen molar-refractivity contribution in [3.63, 3.8) is 0 Å². The Labute approximate surface area is 232 Å². The lowest BCUT2D eigenvalue weighted by atomic mass is 9.94. The van der Waals surface area contributed by atoms with Gasteiger partial charge in [-0.3, -0.25) is 14.4 Å². The van der Waals surface area contributed by atoms with Gasteiger partial charge in [-0.25, -0.2) is 0 Å². The molecule has 1 saturated heterocycles. The van der Waals surface area contributed by atoms with Crippen molar-refractivity contribution in [1.29, 1.82) is 0 Å². The van der Waals surface area contributed by atoms with Crippen LogP contribution in [0, 0.1) is 5.92 Å². The Kier molecular flexibility index (Phi) is 22.1. The molecule has 0 bridgehead atoms. The number of nitrogens with zero attached hydrogens (tertiary/aromatic N) is 1. The van der Waals surface area contributed by atoms with Gasteiger partial charge in [0, 0.05) is 19.4 Å². The van der Waals surface area contributed by atoms with Gasteiger partial charge in [0.05, 0.1) is 32.2 Å². The fourth-order valence-electron chi connectivity index (χ4n) is 4.86. The maximum Gasteiger partial charge on any atom is 0.308 e. The molecular weight excluding hydrogens is 482 g/mol. The van der Waals surface area contributed by atoms with Crippen LogP contribution >= 0.6 is 0 Å². The van der Waals surface area contributed by atoms with Crippen LogP contribution in [-0.2, 0) is 28.6 Å². The molecule has 1 heterocycles. The van der Waals surface area contributed by atoms with Gasteiger partial charge >= 0.3 is 17.9 Å². The lowest BCUT2D eigenvalue weighted by Gasteiger charge is -2.16. The molecule has 0 radical (unpaired) electrons. The molecule has 1 atom stereocenters. The Hall–Kier alpha value is -1.63. The molecule has 1 aliphatic rings. The monoisotopic (exact) mass is 539 g/mol. The van der Waals surface area contributed by atoms with Gasteiger partial charge in [-0.05, 0) is 51.6 Å². The lowest BCUT2D eigenvalue weighted by molar-refractivity contribution is -0.149. The first-order chi connectivity index (χ1) is 18.6. The second-order valence-corrected chi connectivity index (χ2v) is 10.8. The van der Waals surface area contributed by atoms with Crippen molar-refractivity contribution in [2.75, 3.05) is 39.5 Å². The summed E-state index contributed by atoms with van der Waals surface area (Å²) in [6.45, 7) is 8.24. The van der Waals surface area contributed by atoms with Crippen molar-refractivity contribution in [1.82, 2.24) is 4.90 Å². The van der Waals surface area contributed by atoms with E-state index >= 15 is 0 Å². The summed E-state index contributed by atoms with van der Waals surface area (Å²) in [6, 6.07) is 0. The third kappa shape index (κ3) is 19.4. The molecule has 0 aromatic carbocycles. The summed E-state index contributed by atoms with van der Waals surface area (Å²) >= 11 is 0. The number of ether oxygens (including phenoxy) is 3. The molecule has 7 nitrogen and oxygen atoms in total. The molecule has 0 aliphatic carbocycles. The number of carbonyl (C=O) groups excluding carboxylic acids is 3. The van der Waals surface area contributed by atoms with Crippen molar-refractivity contribution < 1.29 is 28.6 Å². The number of hydrogen-bond acceptors (Lipinski definition) is 7. The maximum absolute atomic E-state index is 12.7. The molecule has 0 saturated carbocycles. The average molecular weight is 540 g/mol. The van der Waals surface area contributed by atoms with Crippen LogP contribution in [-0.4, -0.2) is 62.3 Å². The number of likely N-dealkylation sites (tertiary alicyclic amines) is 1. The smallest absolute Gasteiger partial charge is 0.308 e. The largest absolute Gasteiger partial charge is 0.466 e. The first-order valence-electron chi connectivity index (χ1n) is 15.8. The molecular formula is C31H57NO6. The average Bonchev–Trinajstić information content (AvgIpc) is 3.44. The standard InChI is InChI=1S/C31H57NO6/c1-3-5-7-9-10-12-19-28(18-11-8-6-4-2)31(35)38-25-16-13-20-29(33)36-26-17-27-37-30(34)21-24-32-22-14-15-23-32/h28H,3-27H2,1-2H3. The number of unbranched alkanes of at least 4 members (excludes halogenated alkanes) is 9. The zero-order valence-corrected chi connectivity index (χ0v) is 24.7. The van der Waals surface area contributed by atoms with E-state index in [4.69, 9.17) is 14.2 Å². The second-order valence-electron chi connectivity index (χ2n) is 10.8. The summed E-state index contributed by atoms with van der Waals surface area (Å²) in [6.07, 6.45) is 18.9. The van der Waals surface area contributed by atoms with Gasteiger partial charge in [0.2, 0.25) is 0 Å². The van der Waals surface area contributed by atoms with E-state index in [-0.39, 0.29) is 37.0 Å². The molecule has 1 fully saturated rings. The van der Waals surface area contributed by atoms with E-state index in [1.165, 1.54) is 64.2 Å². The normalized spacial score (nSPS) is 14.4. The molecule has 0 aromatic heterocycles. The van der Waals surface area contributed by atoms with E-state index in [0.29, 0.717) is 38.7 Å². The molecule has 38 heavy (non-hydrogen) atoms. The van der Waals surface area contributed by atoms with Gasteiger partial charge in [-0.1, -0.05) is 78.1 Å². The van der Waals surface area contributed by atoms with E-state index in [0.717, 1.165) is 45.3 Å². The van der Waals surface area contributed by atoms with Crippen LogP contribution in [0.1, 0.15) is 136 Å². The molecule has 0 aromatic rings. The van der Waals surface area contributed by atoms with Crippen molar-refractivity contribution in [2.45, 2.75) is 136 Å². The zero-order valence-electron chi connectivity index (χ0n) is 24.7. The minimum Gasteiger partial charge on any atom is -0.466 e. The van der Waals surface area contributed by atoms with Crippen LogP contribution < -0.4 is 0 Å². The van der Waals surface area contributed by atoms with Crippen molar-refractivity contribution >= 4 is 17.9 Å². The summed E-state index contributed by atoms with van der Waals surface area (Å²) < 4.78 is 16.0. The summed E-state index contributed by atoms with van der Waals surface area (Å²) in [5.41, 5.74) is 0. The highest BCUT2D eigenvalue weighted by atomic mass is 16.5. The summed E-state index contributed by atoms with van der Waals surface area (Å²) in [5, 5.41) is 0. The quantitative estimate of drug-likeness (QED) is 0.0702. The van der Waals surface area contributed by atoms with E-state index in [9.17, 15) is 14.4 Å². The highest BCUT2D eigenvalue weighted by molar-refractivity contribution is 5.72. The molecule has 1 rings (SSSR count). The highest BCUT2D eigenvalue weighted by Crippen LogP contribution is 2.20. The van der Waals surface area contributed by atoms with Crippen LogP contribution in [0.15, 0.2) is 0 Å². The Morgan fingerprint density at radius 2 is 1.13 bits per heavy atom. The SMILES string of the molecule is CCCCCCCCC(CCCCCC)C(=O)OCCCCC(=O)OCCCOC(=O)CCN1CCCC1. The van der Waals surface area contributed by atoms with Gasteiger partial charge < -0.3 is 19.1 Å². The molecule has 0 N–H and O–H groups in total. The van der Waals surface area contributed by atoms with Crippen molar-refractivity contribution in [3.8, 4) is 0 Å². The van der Waals surface area contributed by atoms with Gasteiger partial charge in [-0.2, -0.15) is 0 Å². The summed E-state index contributed by atoms with van der Waals surface area (Å²) in [7, 11) is 0. The van der Waals surface area contributed by atoms with Gasteiger partial charge in [-0.15, -0.1) is 0 Å². The number of carbonyl (C=O) groups is 3. The minimum absolute atomic E-state index is 0.0114. The van der Waals surface area contributed by atoms with Crippen molar-refractivity contribution in [2.24, 2.45) is 5.92 Å². The first-order valence-corrected chi connectivity index (χ1v) is 15.8. The first kappa shape index (κ1) is 34.4. The van der Waals surface area contributed by atoms with Crippen LogP contribution in [0.2, 0.25) is 0 Å². The Morgan fingerprint density at radius 3 is 1.76 bits per heavy atom. The van der Waals surface area contributed by atoms with Crippen LogP contribution in [0.5, 0.6) is 0 Å². The second kappa shape index (κ2) is 24.4. The summed E-state index contributed by atoms with van der Waals surface area (Å²) in [5.74, 6) is -0.494. The Balaban J connectivity index is 2.07. The van der Waals surface area contributed by atoms with Crippen molar-refractivity contribution in [3.05, 3.63) is 0 Å². The third-order valence-corrected chi connectivity index (χ3v) is 7.31. The van der Waals surface area contributed by atoms with Gasteiger partial charge in [0.1, 0.15) is 0 Å². The molecule has 1 aliphatic heterocycles. The molecule has 0 spiro atoms. The maximum atomic E-state index is 12.7. The molecule has 1 unspecified atom stereocenters. The van der Waals surface area contributed by atoms with Crippen LogP contribution in [0.3, 0.4) is 0 Å². The predicted octanol–water partition coefficient (Wildman–Crippen LogP) is 7.00. The fraction of sp³-hybridized carbons (Fsp3) is 0.903. The lowest BCUT2D eigenvalue weighted by Crippen LogP contribution is -2.23. The van der Waals surface area contributed by atoms with Gasteiger partial charge in [0.15, 0.2) is 0 Å². The third-order valence-electron chi connectivity index (χ3n) is 7.31. The van der Waals surface area contributed by atoms with Crippen LogP contribution in [0.25, 0.3) is 0 Å². The Bertz CT molecular complexity index is 605. The van der Waals surface area contributed by atoms with E-state index in [1.54, 1.807) is 0 Å². The highest BCUT2D eigenvalue weighted by Gasteiger charge is 2.19. The van der Waals surface area contributed by atoms with E-state index in [1.807, 2.05) is 0 Å². The number of esters is 3. The minimum atomic E-state index is -0.256. The summed E-state index contributed by atoms with van der Waals surface area (Å²) in [4.78, 5) is 38.7. The van der Waals surface area contributed by atoms with E-state index < -0.39 is 0 Å². The molecule has 0 amide bonds. The van der Waals surface area contributed by atoms with E-state index in [2.05, 4.69) is 18.7 Å². The molecule has 7 heteroatoms.